The van der Waals surface area contributed by atoms with Crippen LogP contribution in [0.1, 0.15) is 18.1 Å². The Balaban J connectivity index is 3.48. The summed E-state index contributed by atoms with van der Waals surface area (Å²) >= 11 is 0. The molecule has 1 nitrogen and oxygen atoms in total. The molecule has 0 N–H and O–H groups in total. The van der Waals surface area contributed by atoms with Crippen molar-refractivity contribution in [3.63, 3.8) is 0 Å². The van der Waals surface area contributed by atoms with Crippen LogP contribution in [0.2, 0.25) is 0 Å². The first-order valence-electron chi connectivity index (χ1n) is 8.04. The fourth-order valence-corrected chi connectivity index (χ4v) is 2.37. The minimum absolute atomic E-state index is 0.507. The van der Waals surface area contributed by atoms with Gasteiger partial charge in [0.15, 0.2) is 0 Å². The molecule has 0 bridgehead atoms. The second-order valence-electron chi connectivity index (χ2n) is 6.55. The van der Waals surface area contributed by atoms with E-state index in [-0.39, 0.29) is 0 Å². The van der Waals surface area contributed by atoms with E-state index >= 15 is 0 Å². The van der Waals surface area contributed by atoms with Crippen molar-refractivity contribution in [1.29, 1.82) is 0 Å². The number of methoxy groups -OCH3 is 1. The maximum absolute atomic E-state index is 14.0. The topological polar surface area (TPSA) is 9.23 Å². The van der Waals surface area contributed by atoms with E-state index in [1.54, 1.807) is 0 Å². The minimum Gasteiger partial charge on any atom is -0.377 e. The van der Waals surface area contributed by atoms with E-state index in [9.17, 15) is 70.2 Å². The highest BCUT2D eigenvalue weighted by Gasteiger charge is 2.93. The van der Waals surface area contributed by atoms with Gasteiger partial charge in [-0.15, -0.1) is 0 Å². The Kier molecular flexibility index (Phi) is 7.38. The van der Waals surface area contributed by atoms with Crippen molar-refractivity contribution in [2.45, 2.75) is 54.2 Å². The summed E-state index contributed by atoms with van der Waals surface area (Å²) in [6, 6.07) is 2.28. The minimum atomic E-state index is -8.34. The van der Waals surface area contributed by atoms with Gasteiger partial charge in [-0.25, -0.2) is 4.39 Å². The normalized spacial score (nSPS) is 16.2. The zero-order chi connectivity index (χ0) is 26.5. The molecule has 0 aliphatic heterocycles. The van der Waals surface area contributed by atoms with Crippen LogP contribution in [-0.2, 0) is 4.74 Å². The molecule has 1 atom stereocenters. The smallest absolute Gasteiger partial charge is 0.377 e. The van der Waals surface area contributed by atoms with Crippen molar-refractivity contribution in [2.75, 3.05) is 7.11 Å². The highest BCUT2D eigenvalue weighted by molar-refractivity contribution is 5.20. The van der Waals surface area contributed by atoms with Gasteiger partial charge in [0.1, 0.15) is 5.82 Å². The maximum atomic E-state index is 14.0. The van der Waals surface area contributed by atoms with Crippen molar-refractivity contribution in [3.05, 3.63) is 35.6 Å². The zero-order valence-electron chi connectivity index (χ0n) is 15.5. The summed E-state index contributed by atoms with van der Waals surface area (Å²) in [7, 11) is 0.507. The van der Waals surface area contributed by atoms with E-state index in [2.05, 4.69) is 4.74 Å². The van der Waals surface area contributed by atoms with Crippen LogP contribution in [0.3, 0.4) is 0 Å². The molecule has 0 saturated heterocycles. The number of alkyl halides is 15. The molecular formula is C16H10F16O. The molecule has 33 heavy (non-hydrogen) atoms. The van der Waals surface area contributed by atoms with E-state index in [1.165, 1.54) is 0 Å². The standard InChI is InChI=1S/C16H10F16O/c1-33-9(7-2-4-8(17)5-3-7)6-10(18,19)11(20,21)12(22,23)13(24,25)14(26,27)15(28,29)16(30,31)32/h2-5,9H,6H2,1H3. The van der Waals surface area contributed by atoms with Gasteiger partial charge < -0.3 is 4.74 Å². The highest BCUT2D eigenvalue weighted by atomic mass is 19.4. The summed E-state index contributed by atoms with van der Waals surface area (Å²) in [6.07, 6.45) is -12.7. The van der Waals surface area contributed by atoms with Crippen LogP contribution in [-0.4, -0.2) is 48.8 Å². The lowest BCUT2D eigenvalue weighted by Crippen LogP contribution is -2.72. The van der Waals surface area contributed by atoms with Crippen LogP contribution in [0, 0.1) is 5.82 Å². The molecule has 1 aromatic rings. The molecule has 0 aliphatic rings. The number of hydrogen-bond acceptors (Lipinski definition) is 1. The Morgan fingerprint density at radius 2 is 0.970 bits per heavy atom. The van der Waals surface area contributed by atoms with E-state index in [1.807, 2.05) is 0 Å². The molecule has 1 aromatic carbocycles. The highest BCUT2D eigenvalue weighted by Crippen LogP contribution is 2.63. The SMILES string of the molecule is COC(CC(F)(F)C(F)(F)C(F)(F)C(F)(F)C(F)(F)C(F)(F)C(F)(F)F)c1ccc(F)cc1. The third-order valence-electron chi connectivity index (χ3n) is 4.36. The molecule has 0 aliphatic carbocycles. The molecule has 0 heterocycles. The van der Waals surface area contributed by atoms with E-state index in [0.29, 0.717) is 31.4 Å². The van der Waals surface area contributed by atoms with Gasteiger partial charge >= 0.3 is 41.7 Å². The van der Waals surface area contributed by atoms with Crippen molar-refractivity contribution < 1.29 is 75.0 Å². The molecule has 0 aromatic heterocycles. The van der Waals surface area contributed by atoms with Gasteiger partial charge in [0.25, 0.3) is 0 Å². The van der Waals surface area contributed by atoms with Gasteiger partial charge in [0.2, 0.25) is 0 Å². The lowest BCUT2D eigenvalue weighted by molar-refractivity contribution is -0.453. The first kappa shape index (κ1) is 29.1. The van der Waals surface area contributed by atoms with Crippen LogP contribution in [0.5, 0.6) is 0 Å². The summed E-state index contributed by atoms with van der Waals surface area (Å²) in [5.74, 6) is -47.9. The van der Waals surface area contributed by atoms with Crippen LogP contribution in [0.25, 0.3) is 0 Å². The Morgan fingerprint density at radius 3 is 1.33 bits per heavy atom. The fourth-order valence-electron chi connectivity index (χ4n) is 2.37. The van der Waals surface area contributed by atoms with Gasteiger partial charge in [-0.2, -0.15) is 65.9 Å². The number of benzene rings is 1. The molecule has 192 valence electrons. The predicted molar refractivity (Wildman–Crippen MR) is 76.5 cm³/mol. The average molecular weight is 522 g/mol. The molecule has 0 amide bonds. The van der Waals surface area contributed by atoms with E-state index < -0.39 is 65.6 Å². The second-order valence-corrected chi connectivity index (χ2v) is 6.55. The van der Waals surface area contributed by atoms with Crippen molar-refractivity contribution >= 4 is 0 Å². The lowest BCUT2D eigenvalue weighted by Gasteiger charge is -2.42. The van der Waals surface area contributed by atoms with Crippen LogP contribution in [0.15, 0.2) is 24.3 Å². The Hall–Kier alpha value is -1.94. The molecule has 17 heteroatoms. The lowest BCUT2D eigenvalue weighted by atomic mass is 9.88. The Morgan fingerprint density at radius 1 is 0.606 bits per heavy atom. The van der Waals surface area contributed by atoms with Crippen molar-refractivity contribution in [2.24, 2.45) is 0 Å². The maximum Gasteiger partial charge on any atom is 0.460 e. The van der Waals surface area contributed by atoms with E-state index in [0.717, 1.165) is 0 Å². The summed E-state index contributed by atoms with van der Waals surface area (Å²) < 4.78 is 215. The molecule has 1 unspecified atom stereocenters. The summed E-state index contributed by atoms with van der Waals surface area (Å²) in [4.78, 5) is 0. The number of ether oxygens (including phenoxy) is 1. The third-order valence-corrected chi connectivity index (χ3v) is 4.36. The van der Waals surface area contributed by atoms with Crippen molar-refractivity contribution in [1.82, 2.24) is 0 Å². The Bertz CT molecular complexity index is 811. The second kappa shape index (κ2) is 8.37. The molecule has 0 radical (unpaired) electrons. The first-order chi connectivity index (χ1) is 14.4. The zero-order valence-corrected chi connectivity index (χ0v) is 15.5. The monoisotopic (exact) mass is 522 g/mol. The molecular weight excluding hydrogens is 512 g/mol. The average Bonchev–Trinajstić information content (AvgIpc) is 2.65. The molecule has 0 saturated carbocycles. The summed E-state index contributed by atoms with van der Waals surface area (Å²) in [6.45, 7) is 0. The van der Waals surface area contributed by atoms with Gasteiger partial charge in [0.05, 0.1) is 6.10 Å². The van der Waals surface area contributed by atoms with E-state index in [4.69, 9.17) is 0 Å². The summed E-state index contributed by atoms with van der Waals surface area (Å²) in [5, 5.41) is 0. The largest absolute Gasteiger partial charge is 0.460 e. The van der Waals surface area contributed by atoms with Crippen LogP contribution >= 0.6 is 0 Å². The first-order valence-corrected chi connectivity index (χ1v) is 8.04. The summed E-state index contributed by atoms with van der Waals surface area (Å²) in [5.41, 5.74) is -0.626. The van der Waals surface area contributed by atoms with Crippen molar-refractivity contribution in [3.8, 4) is 0 Å². The molecule has 1 rings (SSSR count). The predicted octanol–water partition coefficient (Wildman–Crippen LogP) is 7.28. The third kappa shape index (κ3) is 4.43. The van der Waals surface area contributed by atoms with Gasteiger partial charge in [-0.05, 0) is 17.7 Å². The quantitative estimate of drug-likeness (QED) is 0.310. The van der Waals surface area contributed by atoms with Gasteiger partial charge in [-0.1, -0.05) is 12.1 Å². The number of rotatable bonds is 9. The molecule has 0 spiro atoms. The fraction of sp³-hybridized carbons (Fsp3) is 0.625. The number of halogens is 16. The van der Waals surface area contributed by atoms with Gasteiger partial charge in [-0.3, -0.25) is 0 Å². The number of hydrogen-bond donors (Lipinski definition) is 0. The van der Waals surface area contributed by atoms with Gasteiger partial charge in [0, 0.05) is 13.5 Å². The molecule has 0 fully saturated rings. The Labute approximate surface area is 173 Å². The van der Waals surface area contributed by atoms with Crippen LogP contribution < -0.4 is 0 Å². The van der Waals surface area contributed by atoms with Crippen LogP contribution in [0.4, 0.5) is 70.2 Å².